The van der Waals surface area contributed by atoms with E-state index < -0.39 is 0 Å². The molecule has 0 radical (unpaired) electrons. The maximum absolute atomic E-state index is 3.86. The van der Waals surface area contributed by atoms with E-state index in [-0.39, 0.29) is 0 Å². The van der Waals surface area contributed by atoms with Gasteiger partial charge in [-0.1, -0.05) is 38.1 Å². The van der Waals surface area contributed by atoms with Crippen LogP contribution in [-0.2, 0) is 0 Å². The zero-order valence-electron chi connectivity index (χ0n) is 11.9. The van der Waals surface area contributed by atoms with E-state index in [1.807, 2.05) is 6.08 Å². The summed E-state index contributed by atoms with van der Waals surface area (Å²) in [7, 11) is 0. The fraction of sp³-hybridized carbons (Fsp3) is 0.500. The van der Waals surface area contributed by atoms with Crippen LogP contribution in [0.2, 0.25) is 0 Å². The van der Waals surface area contributed by atoms with Crippen LogP contribution in [-0.4, -0.2) is 19.6 Å². The molecular weight excluding hydrogens is 220 g/mol. The summed E-state index contributed by atoms with van der Waals surface area (Å²) in [4.78, 5) is 2.40. The molecule has 0 heterocycles. The van der Waals surface area contributed by atoms with Crippen molar-refractivity contribution in [3.63, 3.8) is 0 Å². The van der Waals surface area contributed by atoms with Crippen LogP contribution in [0.25, 0.3) is 0 Å². The van der Waals surface area contributed by atoms with Gasteiger partial charge in [-0.3, -0.25) is 0 Å². The van der Waals surface area contributed by atoms with E-state index in [1.54, 1.807) is 0 Å². The second-order valence-electron chi connectivity index (χ2n) is 4.57. The van der Waals surface area contributed by atoms with Crippen LogP contribution in [0.1, 0.15) is 38.8 Å². The lowest BCUT2D eigenvalue weighted by molar-refractivity contribution is 0.596. The number of nitrogens with one attached hydrogen (secondary N) is 1. The van der Waals surface area contributed by atoms with Crippen LogP contribution in [0.3, 0.4) is 0 Å². The van der Waals surface area contributed by atoms with Gasteiger partial charge in [-0.15, -0.1) is 6.58 Å². The number of anilines is 1. The van der Waals surface area contributed by atoms with Gasteiger partial charge in [0, 0.05) is 24.8 Å². The van der Waals surface area contributed by atoms with E-state index in [0.717, 1.165) is 26.1 Å². The third-order valence-corrected chi connectivity index (χ3v) is 3.10. The average Bonchev–Trinajstić information content (AvgIpc) is 2.39. The third kappa shape index (κ3) is 3.88. The molecule has 2 nitrogen and oxygen atoms in total. The molecule has 100 valence electrons. The van der Waals surface area contributed by atoms with E-state index in [9.17, 15) is 0 Å². The van der Waals surface area contributed by atoms with Gasteiger partial charge >= 0.3 is 0 Å². The van der Waals surface area contributed by atoms with Crippen molar-refractivity contribution >= 4 is 5.69 Å². The van der Waals surface area contributed by atoms with Crippen molar-refractivity contribution in [3.05, 3.63) is 42.5 Å². The highest BCUT2D eigenvalue weighted by atomic mass is 15.1. The molecule has 0 saturated carbocycles. The van der Waals surface area contributed by atoms with Crippen LogP contribution in [0, 0.1) is 0 Å². The first-order chi connectivity index (χ1) is 8.74. The van der Waals surface area contributed by atoms with Gasteiger partial charge in [0.05, 0.1) is 0 Å². The quantitative estimate of drug-likeness (QED) is 0.703. The zero-order chi connectivity index (χ0) is 13.4. The summed E-state index contributed by atoms with van der Waals surface area (Å²) in [6, 6.07) is 9.04. The summed E-state index contributed by atoms with van der Waals surface area (Å²) in [5.41, 5.74) is 2.70. The number of para-hydroxylation sites is 1. The molecule has 0 saturated heterocycles. The molecule has 1 rings (SSSR count). The SMILES string of the molecule is C=CCN(CCC)c1ccccc1C(C)NCC. The summed E-state index contributed by atoms with van der Waals surface area (Å²) in [5, 5.41) is 3.49. The van der Waals surface area contributed by atoms with Crippen molar-refractivity contribution in [1.29, 1.82) is 0 Å². The molecule has 1 aromatic carbocycles. The lowest BCUT2D eigenvalue weighted by Gasteiger charge is -2.27. The Labute approximate surface area is 112 Å². The average molecular weight is 246 g/mol. The van der Waals surface area contributed by atoms with Gasteiger partial charge in [0.25, 0.3) is 0 Å². The van der Waals surface area contributed by atoms with Crippen molar-refractivity contribution in [2.24, 2.45) is 0 Å². The van der Waals surface area contributed by atoms with E-state index in [2.05, 4.69) is 61.8 Å². The Morgan fingerprint density at radius 2 is 2.06 bits per heavy atom. The van der Waals surface area contributed by atoms with Crippen LogP contribution >= 0.6 is 0 Å². The summed E-state index contributed by atoms with van der Waals surface area (Å²) in [6.45, 7) is 13.4. The normalized spacial score (nSPS) is 12.2. The lowest BCUT2D eigenvalue weighted by Crippen LogP contribution is -2.27. The van der Waals surface area contributed by atoms with Crippen molar-refractivity contribution in [1.82, 2.24) is 5.32 Å². The highest BCUT2D eigenvalue weighted by Crippen LogP contribution is 2.26. The first kappa shape index (κ1) is 14.8. The van der Waals surface area contributed by atoms with Crippen LogP contribution in [0.15, 0.2) is 36.9 Å². The molecule has 0 aliphatic carbocycles. The summed E-state index contributed by atoms with van der Waals surface area (Å²) >= 11 is 0. The maximum atomic E-state index is 3.86. The van der Waals surface area contributed by atoms with Gasteiger partial charge in [-0.05, 0) is 31.5 Å². The van der Waals surface area contributed by atoms with Crippen molar-refractivity contribution in [3.8, 4) is 0 Å². The molecule has 0 spiro atoms. The minimum Gasteiger partial charge on any atom is -0.368 e. The topological polar surface area (TPSA) is 15.3 Å². The molecule has 1 N–H and O–H groups in total. The minimum absolute atomic E-state index is 0.385. The van der Waals surface area contributed by atoms with E-state index in [4.69, 9.17) is 0 Å². The van der Waals surface area contributed by atoms with Gasteiger partial charge < -0.3 is 10.2 Å². The number of rotatable bonds is 8. The fourth-order valence-electron chi connectivity index (χ4n) is 2.29. The molecule has 0 fully saturated rings. The predicted molar refractivity (Wildman–Crippen MR) is 81.2 cm³/mol. The monoisotopic (exact) mass is 246 g/mol. The zero-order valence-corrected chi connectivity index (χ0v) is 11.9. The maximum Gasteiger partial charge on any atom is 0.0417 e. The van der Waals surface area contributed by atoms with Gasteiger partial charge in [0.2, 0.25) is 0 Å². The van der Waals surface area contributed by atoms with Crippen molar-refractivity contribution in [2.45, 2.75) is 33.2 Å². The number of nitrogens with zero attached hydrogens (tertiary/aromatic N) is 1. The molecule has 1 unspecified atom stereocenters. The molecular formula is C16H26N2. The Kier molecular flexibility index (Phi) is 6.51. The molecule has 1 atom stereocenters. The van der Waals surface area contributed by atoms with Crippen LogP contribution < -0.4 is 10.2 Å². The Morgan fingerprint density at radius 3 is 2.67 bits per heavy atom. The van der Waals surface area contributed by atoms with Gasteiger partial charge in [0.15, 0.2) is 0 Å². The smallest absolute Gasteiger partial charge is 0.0417 e. The third-order valence-electron chi connectivity index (χ3n) is 3.10. The highest BCUT2D eigenvalue weighted by molar-refractivity contribution is 5.55. The second-order valence-corrected chi connectivity index (χ2v) is 4.57. The molecule has 2 heteroatoms. The largest absolute Gasteiger partial charge is 0.368 e. The van der Waals surface area contributed by atoms with E-state index >= 15 is 0 Å². The van der Waals surface area contributed by atoms with Crippen LogP contribution in [0.5, 0.6) is 0 Å². The number of benzene rings is 1. The second kappa shape index (κ2) is 7.93. The Hall–Kier alpha value is -1.28. The molecule has 1 aromatic rings. The Morgan fingerprint density at radius 1 is 1.33 bits per heavy atom. The summed E-state index contributed by atoms with van der Waals surface area (Å²) in [5.74, 6) is 0. The minimum atomic E-state index is 0.385. The van der Waals surface area contributed by atoms with Gasteiger partial charge in [0.1, 0.15) is 0 Å². The Bertz CT molecular complexity index is 360. The molecule has 0 aromatic heterocycles. The molecule has 0 aliphatic rings. The summed E-state index contributed by atoms with van der Waals surface area (Å²) in [6.07, 6.45) is 3.13. The van der Waals surface area contributed by atoms with Gasteiger partial charge in [-0.2, -0.15) is 0 Å². The standard InChI is InChI=1S/C16H26N2/c1-5-12-18(13-6-2)16-11-9-8-10-15(16)14(4)17-7-3/h5,8-11,14,17H,1,6-7,12-13H2,2-4H3. The van der Waals surface area contributed by atoms with E-state index in [1.165, 1.54) is 11.3 Å². The molecule has 18 heavy (non-hydrogen) atoms. The first-order valence-corrected chi connectivity index (χ1v) is 6.92. The first-order valence-electron chi connectivity index (χ1n) is 6.92. The number of hydrogen-bond acceptors (Lipinski definition) is 2. The van der Waals surface area contributed by atoms with Crippen molar-refractivity contribution in [2.75, 3.05) is 24.5 Å². The summed E-state index contributed by atoms with van der Waals surface area (Å²) < 4.78 is 0. The van der Waals surface area contributed by atoms with E-state index in [0.29, 0.717) is 6.04 Å². The van der Waals surface area contributed by atoms with Crippen LogP contribution in [0.4, 0.5) is 5.69 Å². The molecule has 0 bridgehead atoms. The van der Waals surface area contributed by atoms with Gasteiger partial charge in [-0.25, -0.2) is 0 Å². The molecule has 0 amide bonds. The lowest BCUT2D eigenvalue weighted by atomic mass is 10.0. The highest BCUT2D eigenvalue weighted by Gasteiger charge is 2.13. The molecule has 0 aliphatic heterocycles. The Balaban J connectivity index is 3.00. The van der Waals surface area contributed by atoms with Crippen molar-refractivity contribution < 1.29 is 0 Å². The predicted octanol–water partition coefficient (Wildman–Crippen LogP) is 3.76. The number of hydrogen-bond donors (Lipinski definition) is 1. The fourth-order valence-corrected chi connectivity index (χ4v) is 2.29.